The SMILES string of the molecule is COc1cc(/C=C(/C#N)C(=O)NCCCc2ccccc2)cc(I)c1OCc1ccc(C(=O)O)cc1. The van der Waals surface area contributed by atoms with Gasteiger partial charge in [0.25, 0.3) is 5.91 Å². The van der Waals surface area contributed by atoms with E-state index in [-0.39, 0.29) is 17.7 Å². The Bertz CT molecular complexity index is 1280. The number of nitrogens with one attached hydrogen (secondary N) is 1. The third-order valence-electron chi connectivity index (χ3n) is 5.28. The third-order valence-corrected chi connectivity index (χ3v) is 6.08. The number of carbonyl (C=O) groups excluding carboxylic acids is 1. The van der Waals surface area contributed by atoms with Crippen molar-refractivity contribution >= 4 is 40.5 Å². The number of ether oxygens (including phenoxy) is 2. The van der Waals surface area contributed by atoms with Crippen LogP contribution in [0.1, 0.15) is 33.5 Å². The van der Waals surface area contributed by atoms with Crippen molar-refractivity contribution in [1.82, 2.24) is 5.32 Å². The normalized spacial score (nSPS) is 10.9. The standard InChI is InChI=1S/C28H25IN2O5/c1-35-25-16-21(14-23(17-30)27(32)31-13-5-8-19-6-3-2-4-7-19)15-24(29)26(25)36-18-20-9-11-22(12-10-20)28(33)34/h2-4,6-7,9-12,14-16H,5,8,13,18H2,1H3,(H,31,32)(H,33,34)/b23-14-. The molecule has 1 amide bonds. The van der Waals surface area contributed by atoms with Gasteiger partial charge in [0, 0.05) is 6.54 Å². The molecule has 3 aromatic rings. The monoisotopic (exact) mass is 596 g/mol. The lowest BCUT2D eigenvalue weighted by Crippen LogP contribution is -2.25. The summed E-state index contributed by atoms with van der Waals surface area (Å²) in [6.07, 6.45) is 3.13. The number of aromatic carboxylic acids is 1. The summed E-state index contributed by atoms with van der Waals surface area (Å²) in [5.41, 5.74) is 2.84. The molecule has 0 aliphatic rings. The highest BCUT2D eigenvalue weighted by molar-refractivity contribution is 14.1. The molecule has 36 heavy (non-hydrogen) atoms. The lowest BCUT2D eigenvalue weighted by molar-refractivity contribution is -0.117. The highest BCUT2D eigenvalue weighted by Crippen LogP contribution is 2.35. The summed E-state index contributed by atoms with van der Waals surface area (Å²) in [5, 5.41) is 21.4. The predicted octanol–water partition coefficient (Wildman–Crippen LogP) is 5.23. The third kappa shape index (κ3) is 7.58. The lowest BCUT2D eigenvalue weighted by atomic mass is 10.1. The molecule has 0 saturated heterocycles. The predicted molar refractivity (Wildman–Crippen MR) is 145 cm³/mol. The number of halogens is 1. The van der Waals surface area contributed by atoms with Gasteiger partial charge in [0.2, 0.25) is 0 Å². The first kappa shape index (κ1) is 26.8. The largest absolute Gasteiger partial charge is 0.493 e. The summed E-state index contributed by atoms with van der Waals surface area (Å²) in [6, 6.07) is 21.9. The molecular formula is C28H25IN2O5. The van der Waals surface area contributed by atoms with E-state index in [9.17, 15) is 14.9 Å². The number of carboxylic acids is 1. The molecular weight excluding hydrogens is 571 g/mol. The number of hydrogen-bond donors (Lipinski definition) is 2. The number of nitriles is 1. The molecule has 0 aromatic heterocycles. The van der Waals surface area contributed by atoms with E-state index in [0.717, 1.165) is 22.0 Å². The van der Waals surface area contributed by atoms with Gasteiger partial charge < -0.3 is 19.9 Å². The van der Waals surface area contributed by atoms with Crippen LogP contribution in [0.2, 0.25) is 0 Å². The van der Waals surface area contributed by atoms with E-state index in [2.05, 4.69) is 27.9 Å². The molecule has 7 nitrogen and oxygen atoms in total. The van der Waals surface area contributed by atoms with Gasteiger partial charge in [0.05, 0.1) is 16.2 Å². The fourth-order valence-corrected chi connectivity index (χ4v) is 4.19. The van der Waals surface area contributed by atoms with Crippen LogP contribution in [0.15, 0.2) is 72.3 Å². The summed E-state index contributed by atoms with van der Waals surface area (Å²) in [5.74, 6) is -0.443. The molecule has 3 aromatic carbocycles. The fourth-order valence-electron chi connectivity index (χ4n) is 3.41. The molecule has 3 rings (SSSR count). The van der Waals surface area contributed by atoms with Gasteiger partial charge in [-0.25, -0.2) is 4.79 Å². The Labute approximate surface area is 223 Å². The minimum atomic E-state index is -0.986. The van der Waals surface area contributed by atoms with Crippen LogP contribution >= 0.6 is 22.6 Å². The molecule has 0 aliphatic heterocycles. The second-order valence-corrected chi connectivity index (χ2v) is 9.00. The van der Waals surface area contributed by atoms with Crippen LogP contribution in [0.25, 0.3) is 6.08 Å². The zero-order valence-electron chi connectivity index (χ0n) is 19.7. The van der Waals surface area contributed by atoms with Crippen LogP contribution in [0, 0.1) is 14.9 Å². The molecule has 0 saturated carbocycles. The van der Waals surface area contributed by atoms with Crippen molar-refractivity contribution in [3.63, 3.8) is 0 Å². The summed E-state index contributed by atoms with van der Waals surface area (Å²) < 4.78 is 12.2. The van der Waals surface area contributed by atoms with Gasteiger partial charge in [-0.2, -0.15) is 5.26 Å². The van der Waals surface area contributed by atoms with Crippen molar-refractivity contribution in [2.45, 2.75) is 19.4 Å². The summed E-state index contributed by atoms with van der Waals surface area (Å²) in [7, 11) is 1.51. The van der Waals surface area contributed by atoms with E-state index in [1.165, 1.54) is 30.9 Å². The number of amides is 1. The Morgan fingerprint density at radius 2 is 1.81 bits per heavy atom. The number of methoxy groups -OCH3 is 1. The summed E-state index contributed by atoms with van der Waals surface area (Å²) in [4.78, 5) is 23.5. The van der Waals surface area contributed by atoms with Crippen molar-refractivity contribution in [1.29, 1.82) is 5.26 Å². The maximum Gasteiger partial charge on any atom is 0.335 e. The number of aryl methyl sites for hydroxylation is 1. The average Bonchev–Trinajstić information content (AvgIpc) is 2.89. The molecule has 8 heteroatoms. The molecule has 0 spiro atoms. The minimum Gasteiger partial charge on any atom is -0.493 e. The van der Waals surface area contributed by atoms with Crippen LogP contribution in [-0.4, -0.2) is 30.6 Å². The summed E-state index contributed by atoms with van der Waals surface area (Å²) >= 11 is 2.11. The van der Waals surface area contributed by atoms with E-state index < -0.39 is 11.9 Å². The lowest BCUT2D eigenvalue weighted by Gasteiger charge is -2.14. The van der Waals surface area contributed by atoms with Crippen molar-refractivity contribution in [3.8, 4) is 17.6 Å². The molecule has 0 bridgehead atoms. The fraction of sp³-hybridized carbons (Fsp3) is 0.179. The topological polar surface area (TPSA) is 109 Å². The molecule has 184 valence electrons. The van der Waals surface area contributed by atoms with Gasteiger partial charge in [-0.15, -0.1) is 0 Å². The second kappa shape index (κ2) is 13.3. The first-order valence-electron chi connectivity index (χ1n) is 11.2. The molecule has 0 heterocycles. The van der Waals surface area contributed by atoms with Crippen LogP contribution in [0.4, 0.5) is 0 Å². The first-order valence-corrected chi connectivity index (χ1v) is 12.3. The average molecular weight is 596 g/mol. The smallest absolute Gasteiger partial charge is 0.335 e. The van der Waals surface area contributed by atoms with Crippen molar-refractivity contribution < 1.29 is 24.2 Å². The highest BCUT2D eigenvalue weighted by Gasteiger charge is 2.14. The quantitative estimate of drug-likeness (QED) is 0.136. The molecule has 0 aliphatic carbocycles. The van der Waals surface area contributed by atoms with E-state index in [1.807, 2.05) is 36.4 Å². The van der Waals surface area contributed by atoms with E-state index >= 15 is 0 Å². The molecule has 2 N–H and O–H groups in total. The number of benzene rings is 3. The Hall–Kier alpha value is -3.84. The van der Waals surface area contributed by atoms with Gasteiger partial charge in [0.1, 0.15) is 18.2 Å². The van der Waals surface area contributed by atoms with E-state index in [4.69, 9.17) is 14.6 Å². The number of carbonyl (C=O) groups is 2. The molecule has 0 radical (unpaired) electrons. The van der Waals surface area contributed by atoms with Crippen LogP contribution in [0.3, 0.4) is 0 Å². The van der Waals surface area contributed by atoms with Gasteiger partial charge in [-0.1, -0.05) is 42.5 Å². The Balaban J connectivity index is 1.65. The highest BCUT2D eigenvalue weighted by atomic mass is 127. The van der Waals surface area contributed by atoms with Crippen LogP contribution in [0.5, 0.6) is 11.5 Å². The van der Waals surface area contributed by atoms with Gasteiger partial charge in [-0.3, -0.25) is 4.79 Å². The van der Waals surface area contributed by atoms with Crippen LogP contribution in [-0.2, 0) is 17.8 Å². The summed E-state index contributed by atoms with van der Waals surface area (Å²) in [6.45, 7) is 0.685. The van der Waals surface area contributed by atoms with Crippen molar-refractivity contribution in [2.75, 3.05) is 13.7 Å². The van der Waals surface area contributed by atoms with Crippen LogP contribution < -0.4 is 14.8 Å². The van der Waals surface area contributed by atoms with E-state index in [1.54, 1.807) is 24.3 Å². The minimum absolute atomic E-state index is 0.000229. The van der Waals surface area contributed by atoms with Crippen molar-refractivity contribution in [2.24, 2.45) is 0 Å². The molecule has 0 fully saturated rings. The zero-order valence-corrected chi connectivity index (χ0v) is 21.8. The number of nitrogens with zero attached hydrogens (tertiary/aromatic N) is 1. The Morgan fingerprint density at radius 3 is 2.44 bits per heavy atom. The molecule has 0 atom stereocenters. The Kier molecular flexibility index (Phi) is 9.89. The molecule has 0 unspecified atom stereocenters. The van der Waals surface area contributed by atoms with E-state index in [0.29, 0.717) is 23.6 Å². The number of carboxylic acid groups (broad SMARTS) is 1. The van der Waals surface area contributed by atoms with Gasteiger partial charge >= 0.3 is 5.97 Å². The maximum atomic E-state index is 12.5. The van der Waals surface area contributed by atoms with Crippen molar-refractivity contribution in [3.05, 3.63) is 98.1 Å². The zero-order chi connectivity index (χ0) is 25.9. The first-order chi connectivity index (χ1) is 17.4. The Morgan fingerprint density at radius 1 is 1.08 bits per heavy atom. The van der Waals surface area contributed by atoms with Gasteiger partial charge in [0.15, 0.2) is 11.5 Å². The maximum absolute atomic E-state index is 12.5. The number of hydrogen-bond acceptors (Lipinski definition) is 5. The van der Waals surface area contributed by atoms with Gasteiger partial charge in [-0.05, 0) is 82.5 Å². The second-order valence-electron chi connectivity index (χ2n) is 7.84. The number of rotatable bonds is 11.